The minimum Gasteiger partial charge on any atom is -0.449 e. The van der Waals surface area contributed by atoms with Gasteiger partial charge in [-0.3, -0.25) is 9.69 Å². The van der Waals surface area contributed by atoms with Crippen LogP contribution in [0.1, 0.15) is 28.4 Å². The molecule has 1 atom stereocenters. The molecule has 1 fully saturated rings. The summed E-state index contributed by atoms with van der Waals surface area (Å²) in [6.45, 7) is 7.71. The molecule has 0 aliphatic carbocycles. The number of ether oxygens (including phenoxy) is 2. The summed E-state index contributed by atoms with van der Waals surface area (Å²) in [7, 11) is 0. The summed E-state index contributed by atoms with van der Waals surface area (Å²) < 4.78 is 10.7. The number of aryl methyl sites for hydroxylation is 1. The first-order valence-corrected chi connectivity index (χ1v) is 9.49. The Morgan fingerprint density at radius 2 is 1.71 bits per heavy atom. The Kier molecular flexibility index (Phi) is 6.79. The van der Waals surface area contributed by atoms with Crippen LogP contribution >= 0.6 is 0 Å². The van der Waals surface area contributed by atoms with Gasteiger partial charge in [-0.1, -0.05) is 29.8 Å². The normalized spacial score (nSPS) is 15.6. The summed E-state index contributed by atoms with van der Waals surface area (Å²) in [6.07, 6.45) is -0.887. The summed E-state index contributed by atoms with van der Waals surface area (Å²) >= 11 is 0. The van der Waals surface area contributed by atoms with E-state index in [0.717, 1.165) is 44.0 Å². The van der Waals surface area contributed by atoms with E-state index in [1.807, 2.05) is 43.3 Å². The number of amides is 1. The second-order valence-electron chi connectivity index (χ2n) is 6.99. The smallest absolute Gasteiger partial charge is 0.338 e. The maximum Gasteiger partial charge on any atom is 0.338 e. The van der Waals surface area contributed by atoms with Crippen LogP contribution in [-0.4, -0.2) is 49.2 Å². The zero-order valence-electron chi connectivity index (χ0n) is 16.3. The molecular weight excluding hydrogens is 356 g/mol. The predicted octanol–water partition coefficient (Wildman–Crippen LogP) is 3.01. The number of carbonyl (C=O) groups is 2. The second kappa shape index (κ2) is 9.48. The van der Waals surface area contributed by atoms with E-state index in [9.17, 15) is 9.59 Å². The van der Waals surface area contributed by atoms with Gasteiger partial charge in [0.05, 0.1) is 18.8 Å². The van der Waals surface area contributed by atoms with Crippen molar-refractivity contribution in [2.24, 2.45) is 0 Å². The van der Waals surface area contributed by atoms with Crippen molar-refractivity contribution in [2.45, 2.75) is 26.5 Å². The zero-order valence-corrected chi connectivity index (χ0v) is 16.3. The number of esters is 1. The minimum absolute atomic E-state index is 0.360. The summed E-state index contributed by atoms with van der Waals surface area (Å²) in [4.78, 5) is 26.9. The Bertz CT molecular complexity index is 796. The largest absolute Gasteiger partial charge is 0.449 e. The Hall–Kier alpha value is -2.70. The van der Waals surface area contributed by atoms with Crippen molar-refractivity contribution in [3.8, 4) is 0 Å². The molecule has 0 aromatic heterocycles. The summed E-state index contributed by atoms with van der Waals surface area (Å²) in [5.74, 6) is -0.870. The van der Waals surface area contributed by atoms with Gasteiger partial charge in [-0.2, -0.15) is 0 Å². The van der Waals surface area contributed by atoms with Gasteiger partial charge >= 0.3 is 5.97 Å². The molecule has 0 bridgehead atoms. The molecule has 1 N–H and O–H groups in total. The molecule has 2 aromatic carbocycles. The number of hydrogen-bond donors (Lipinski definition) is 1. The Balaban J connectivity index is 1.51. The van der Waals surface area contributed by atoms with Crippen molar-refractivity contribution in [3.63, 3.8) is 0 Å². The number of anilines is 1. The summed E-state index contributed by atoms with van der Waals surface area (Å²) in [5, 5.41) is 2.75. The van der Waals surface area contributed by atoms with Crippen LogP contribution in [0.25, 0.3) is 0 Å². The molecular formula is C22H26N2O4. The summed E-state index contributed by atoms with van der Waals surface area (Å²) in [5.41, 5.74) is 3.34. The third kappa shape index (κ3) is 5.65. The van der Waals surface area contributed by atoms with E-state index in [1.165, 1.54) is 0 Å². The molecule has 3 rings (SSSR count). The maximum absolute atomic E-state index is 12.3. The van der Waals surface area contributed by atoms with Crippen molar-refractivity contribution in [3.05, 3.63) is 65.2 Å². The van der Waals surface area contributed by atoms with E-state index in [-0.39, 0.29) is 5.91 Å². The van der Waals surface area contributed by atoms with Crippen LogP contribution in [0.2, 0.25) is 0 Å². The predicted molar refractivity (Wildman–Crippen MR) is 107 cm³/mol. The van der Waals surface area contributed by atoms with Crippen LogP contribution in [0.4, 0.5) is 5.69 Å². The van der Waals surface area contributed by atoms with Gasteiger partial charge in [0, 0.05) is 25.3 Å². The van der Waals surface area contributed by atoms with Gasteiger partial charge in [-0.25, -0.2) is 4.79 Å². The third-order valence-electron chi connectivity index (χ3n) is 4.67. The van der Waals surface area contributed by atoms with Crippen LogP contribution in [0.5, 0.6) is 0 Å². The Labute approximate surface area is 165 Å². The van der Waals surface area contributed by atoms with Gasteiger partial charge in [0.25, 0.3) is 5.91 Å². The average molecular weight is 382 g/mol. The molecule has 0 spiro atoms. The summed E-state index contributed by atoms with van der Waals surface area (Å²) in [6, 6.07) is 14.8. The highest BCUT2D eigenvalue weighted by Gasteiger charge is 2.19. The topological polar surface area (TPSA) is 67.9 Å². The molecule has 1 aliphatic rings. The molecule has 1 amide bonds. The van der Waals surface area contributed by atoms with Crippen LogP contribution < -0.4 is 5.32 Å². The first kappa shape index (κ1) is 20.0. The van der Waals surface area contributed by atoms with Crippen LogP contribution in [0.3, 0.4) is 0 Å². The molecule has 6 nitrogen and oxygen atoms in total. The first-order valence-electron chi connectivity index (χ1n) is 9.49. The van der Waals surface area contributed by atoms with E-state index in [1.54, 1.807) is 19.1 Å². The SMILES string of the molecule is Cc1ccc(NC(=O)[C@@H](C)OC(=O)c2ccc(CN3CCOCC3)cc2)cc1. The van der Waals surface area contributed by atoms with Crippen molar-refractivity contribution in [1.29, 1.82) is 0 Å². The Morgan fingerprint density at radius 1 is 1.07 bits per heavy atom. The van der Waals surface area contributed by atoms with Crippen LogP contribution in [0.15, 0.2) is 48.5 Å². The highest BCUT2D eigenvalue weighted by Crippen LogP contribution is 2.13. The van der Waals surface area contributed by atoms with Crippen molar-refractivity contribution in [2.75, 3.05) is 31.6 Å². The molecule has 148 valence electrons. The van der Waals surface area contributed by atoms with E-state index in [2.05, 4.69) is 10.2 Å². The van der Waals surface area contributed by atoms with Gasteiger partial charge in [0.15, 0.2) is 6.10 Å². The third-order valence-corrected chi connectivity index (χ3v) is 4.67. The average Bonchev–Trinajstić information content (AvgIpc) is 2.71. The van der Waals surface area contributed by atoms with Gasteiger partial charge in [0.1, 0.15) is 0 Å². The molecule has 1 saturated heterocycles. The van der Waals surface area contributed by atoms with Gasteiger partial charge < -0.3 is 14.8 Å². The lowest BCUT2D eigenvalue weighted by molar-refractivity contribution is -0.123. The molecule has 0 unspecified atom stereocenters. The fourth-order valence-electron chi connectivity index (χ4n) is 2.93. The van der Waals surface area contributed by atoms with Crippen molar-refractivity contribution in [1.82, 2.24) is 4.90 Å². The van der Waals surface area contributed by atoms with E-state index in [0.29, 0.717) is 11.3 Å². The van der Waals surface area contributed by atoms with Crippen molar-refractivity contribution >= 4 is 17.6 Å². The van der Waals surface area contributed by atoms with Crippen molar-refractivity contribution < 1.29 is 19.1 Å². The standard InChI is InChI=1S/C22H26N2O4/c1-16-3-9-20(10-4-16)23-21(25)17(2)28-22(26)19-7-5-18(6-8-19)15-24-11-13-27-14-12-24/h3-10,17H,11-15H2,1-2H3,(H,23,25)/t17-/m1/s1. The number of benzene rings is 2. The minimum atomic E-state index is -0.887. The lowest BCUT2D eigenvalue weighted by atomic mass is 10.1. The lowest BCUT2D eigenvalue weighted by Crippen LogP contribution is -2.35. The number of hydrogen-bond acceptors (Lipinski definition) is 5. The van der Waals surface area contributed by atoms with Gasteiger partial charge in [0.2, 0.25) is 0 Å². The molecule has 0 radical (unpaired) electrons. The van der Waals surface area contributed by atoms with E-state index >= 15 is 0 Å². The monoisotopic (exact) mass is 382 g/mol. The fraction of sp³-hybridized carbons (Fsp3) is 0.364. The highest BCUT2D eigenvalue weighted by molar-refractivity contribution is 5.97. The number of carbonyl (C=O) groups excluding carboxylic acids is 2. The van der Waals surface area contributed by atoms with Crippen LogP contribution in [0, 0.1) is 6.92 Å². The number of morpholine rings is 1. The zero-order chi connectivity index (χ0) is 19.9. The quantitative estimate of drug-likeness (QED) is 0.778. The fourth-order valence-corrected chi connectivity index (χ4v) is 2.93. The molecule has 1 aliphatic heterocycles. The van der Waals surface area contributed by atoms with Gasteiger partial charge in [-0.15, -0.1) is 0 Å². The second-order valence-corrected chi connectivity index (χ2v) is 6.99. The first-order chi connectivity index (χ1) is 13.5. The van der Waals surface area contributed by atoms with E-state index in [4.69, 9.17) is 9.47 Å². The molecule has 28 heavy (non-hydrogen) atoms. The molecule has 2 aromatic rings. The maximum atomic E-state index is 12.3. The van der Waals surface area contributed by atoms with Crippen LogP contribution in [-0.2, 0) is 20.8 Å². The van der Waals surface area contributed by atoms with E-state index < -0.39 is 12.1 Å². The molecule has 6 heteroatoms. The Morgan fingerprint density at radius 3 is 2.36 bits per heavy atom. The number of rotatable bonds is 6. The van der Waals surface area contributed by atoms with Gasteiger partial charge in [-0.05, 0) is 43.7 Å². The molecule has 0 saturated carbocycles. The number of nitrogens with one attached hydrogen (secondary N) is 1. The highest BCUT2D eigenvalue weighted by atomic mass is 16.5. The lowest BCUT2D eigenvalue weighted by Gasteiger charge is -2.26. The number of nitrogens with zero attached hydrogens (tertiary/aromatic N) is 1. The molecule has 1 heterocycles.